The number of hydrogen-bond donors (Lipinski definition) is 1. The fraction of sp³-hybridized carbons (Fsp3) is 0.500. The predicted molar refractivity (Wildman–Crippen MR) is 81.3 cm³/mol. The van der Waals surface area contributed by atoms with Gasteiger partial charge in [-0.1, -0.05) is 6.07 Å². The molecule has 0 radical (unpaired) electrons. The first-order valence-corrected chi connectivity index (χ1v) is 7.43. The van der Waals surface area contributed by atoms with Crippen molar-refractivity contribution in [3.05, 3.63) is 46.0 Å². The van der Waals surface area contributed by atoms with Crippen molar-refractivity contribution in [1.82, 2.24) is 14.3 Å². The molecule has 0 spiro atoms. The van der Waals surface area contributed by atoms with Gasteiger partial charge >= 0.3 is 0 Å². The number of fused-ring (bicyclic) bond motifs is 1. The van der Waals surface area contributed by atoms with Crippen LogP contribution in [0.5, 0.6) is 0 Å². The Morgan fingerprint density at radius 1 is 1.52 bits per heavy atom. The molecule has 0 saturated carbocycles. The average Bonchev–Trinajstić information content (AvgIpc) is 2.89. The van der Waals surface area contributed by atoms with E-state index in [1.807, 2.05) is 26.0 Å². The van der Waals surface area contributed by atoms with Crippen molar-refractivity contribution < 1.29 is 5.11 Å². The van der Waals surface area contributed by atoms with E-state index in [9.17, 15) is 9.90 Å². The number of nitrogens with zero attached hydrogens (tertiary/aromatic N) is 3. The Morgan fingerprint density at radius 3 is 3.05 bits per heavy atom. The lowest BCUT2D eigenvalue weighted by Gasteiger charge is -2.17. The third-order valence-corrected chi connectivity index (χ3v) is 4.32. The summed E-state index contributed by atoms with van der Waals surface area (Å²) in [6.45, 7) is 6.29. The minimum Gasteiger partial charge on any atom is -0.393 e. The van der Waals surface area contributed by atoms with Crippen LogP contribution in [0.25, 0.3) is 5.65 Å². The Hall–Kier alpha value is -1.72. The van der Waals surface area contributed by atoms with Gasteiger partial charge in [0.05, 0.1) is 11.8 Å². The molecule has 1 fully saturated rings. The number of hydrogen-bond acceptors (Lipinski definition) is 4. The summed E-state index contributed by atoms with van der Waals surface area (Å²) in [6, 6.07) is 5.44. The molecule has 3 heterocycles. The molecule has 2 unspecified atom stereocenters. The molecule has 1 saturated heterocycles. The summed E-state index contributed by atoms with van der Waals surface area (Å²) >= 11 is 0. The van der Waals surface area contributed by atoms with Gasteiger partial charge in [-0.2, -0.15) is 0 Å². The zero-order valence-electron chi connectivity index (χ0n) is 12.5. The van der Waals surface area contributed by atoms with E-state index in [1.54, 1.807) is 16.7 Å². The molecule has 1 aliphatic heterocycles. The molecule has 0 bridgehead atoms. The second kappa shape index (κ2) is 5.58. The van der Waals surface area contributed by atoms with Crippen molar-refractivity contribution in [2.75, 3.05) is 13.1 Å². The van der Waals surface area contributed by atoms with Crippen molar-refractivity contribution in [3.63, 3.8) is 0 Å². The first-order valence-electron chi connectivity index (χ1n) is 7.43. The lowest BCUT2D eigenvalue weighted by molar-refractivity contribution is 0.127. The van der Waals surface area contributed by atoms with Crippen molar-refractivity contribution in [3.8, 4) is 0 Å². The van der Waals surface area contributed by atoms with Crippen LogP contribution >= 0.6 is 0 Å². The highest BCUT2D eigenvalue weighted by atomic mass is 16.3. The Bertz CT molecular complexity index is 708. The molecule has 112 valence electrons. The largest absolute Gasteiger partial charge is 0.393 e. The molecule has 3 rings (SSSR count). The van der Waals surface area contributed by atoms with Gasteiger partial charge in [0.15, 0.2) is 0 Å². The van der Waals surface area contributed by atoms with Crippen LogP contribution in [-0.2, 0) is 6.54 Å². The van der Waals surface area contributed by atoms with E-state index in [4.69, 9.17) is 0 Å². The SMILES string of the molecule is Cc1cccn2c(=O)cc(CN3CCC(C(C)O)C3)nc12. The second-order valence-electron chi connectivity index (χ2n) is 5.99. The Labute approximate surface area is 123 Å². The van der Waals surface area contributed by atoms with E-state index in [0.29, 0.717) is 12.5 Å². The monoisotopic (exact) mass is 287 g/mol. The predicted octanol–water partition coefficient (Wildman–Crippen LogP) is 1.21. The third kappa shape index (κ3) is 2.84. The number of aryl methyl sites for hydroxylation is 1. The number of rotatable bonds is 3. The third-order valence-electron chi connectivity index (χ3n) is 4.32. The molecule has 1 N–H and O–H groups in total. The zero-order valence-corrected chi connectivity index (χ0v) is 12.5. The summed E-state index contributed by atoms with van der Waals surface area (Å²) in [6.07, 6.45) is 2.48. The van der Waals surface area contributed by atoms with Crippen LogP contribution in [0.4, 0.5) is 0 Å². The van der Waals surface area contributed by atoms with Crippen LogP contribution in [0, 0.1) is 12.8 Å². The first kappa shape index (κ1) is 14.2. The molecule has 0 aromatic carbocycles. The van der Waals surface area contributed by atoms with Crippen molar-refractivity contribution in [2.45, 2.75) is 32.9 Å². The number of pyridine rings is 1. The smallest absolute Gasteiger partial charge is 0.258 e. The number of aromatic nitrogens is 2. The molecule has 2 aromatic rings. The molecule has 2 atom stereocenters. The minimum atomic E-state index is -0.271. The Morgan fingerprint density at radius 2 is 2.33 bits per heavy atom. The zero-order chi connectivity index (χ0) is 15.0. The summed E-state index contributed by atoms with van der Waals surface area (Å²) in [5.74, 6) is 0.327. The lowest BCUT2D eigenvalue weighted by atomic mass is 10.0. The highest BCUT2D eigenvalue weighted by Gasteiger charge is 2.26. The standard InChI is InChI=1S/C16H21N3O2/c1-11-4-3-6-19-15(21)8-14(17-16(11)19)10-18-7-5-13(9-18)12(2)20/h3-4,6,8,12-13,20H,5,7,9-10H2,1-2H3. The molecular weight excluding hydrogens is 266 g/mol. The molecule has 21 heavy (non-hydrogen) atoms. The van der Waals surface area contributed by atoms with E-state index >= 15 is 0 Å². The van der Waals surface area contributed by atoms with Crippen molar-refractivity contribution >= 4 is 5.65 Å². The van der Waals surface area contributed by atoms with Gasteiger partial charge in [0.2, 0.25) is 0 Å². The molecule has 0 aliphatic carbocycles. The fourth-order valence-corrected chi connectivity index (χ4v) is 3.02. The minimum absolute atomic E-state index is 0.0371. The summed E-state index contributed by atoms with van der Waals surface area (Å²) in [7, 11) is 0. The van der Waals surface area contributed by atoms with Gasteiger partial charge in [-0.15, -0.1) is 0 Å². The van der Waals surface area contributed by atoms with E-state index in [2.05, 4.69) is 9.88 Å². The first-order chi connectivity index (χ1) is 10.0. The van der Waals surface area contributed by atoms with Gasteiger partial charge in [-0.3, -0.25) is 14.1 Å². The Balaban J connectivity index is 1.85. The van der Waals surface area contributed by atoms with Crippen LogP contribution in [0.3, 0.4) is 0 Å². The molecule has 0 amide bonds. The maximum absolute atomic E-state index is 12.2. The summed E-state index contributed by atoms with van der Waals surface area (Å²) in [5.41, 5.74) is 2.50. The average molecular weight is 287 g/mol. The number of aliphatic hydroxyl groups is 1. The highest BCUT2D eigenvalue weighted by molar-refractivity contribution is 5.46. The van der Waals surface area contributed by atoms with Crippen molar-refractivity contribution in [1.29, 1.82) is 0 Å². The highest BCUT2D eigenvalue weighted by Crippen LogP contribution is 2.21. The van der Waals surface area contributed by atoms with Crippen LogP contribution in [0.2, 0.25) is 0 Å². The molecule has 1 aliphatic rings. The number of aliphatic hydroxyl groups excluding tert-OH is 1. The van der Waals surface area contributed by atoms with Crippen LogP contribution < -0.4 is 5.56 Å². The maximum Gasteiger partial charge on any atom is 0.258 e. The van der Waals surface area contributed by atoms with E-state index in [1.165, 1.54) is 0 Å². The summed E-state index contributed by atoms with van der Waals surface area (Å²) in [5, 5.41) is 9.66. The molecule has 5 nitrogen and oxygen atoms in total. The second-order valence-corrected chi connectivity index (χ2v) is 5.99. The topological polar surface area (TPSA) is 57.8 Å². The van der Waals surface area contributed by atoms with Gasteiger partial charge in [0.1, 0.15) is 5.65 Å². The summed E-state index contributed by atoms with van der Waals surface area (Å²) < 4.78 is 1.58. The van der Waals surface area contributed by atoms with Crippen LogP contribution in [0.15, 0.2) is 29.2 Å². The van der Waals surface area contributed by atoms with Crippen LogP contribution in [0.1, 0.15) is 24.6 Å². The van der Waals surface area contributed by atoms with E-state index in [0.717, 1.165) is 36.4 Å². The van der Waals surface area contributed by atoms with E-state index in [-0.39, 0.29) is 11.7 Å². The molecule has 5 heteroatoms. The Kier molecular flexibility index (Phi) is 3.78. The maximum atomic E-state index is 12.2. The van der Waals surface area contributed by atoms with E-state index < -0.39 is 0 Å². The van der Waals surface area contributed by atoms with Gasteiger partial charge < -0.3 is 5.11 Å². The molecular formula is C16H21N3O2. The van der Waals surface area contributed by atoms with Gasteiger partial charge in [-0.25, -0.2) is 4.98 Å². The lowest BCUT2D eigenvalue weighted by Crippen LogP contribution is -2.26. The van der Waals surface area contributed by atoms with Gasteiger partial charge in [-0.05, 0) is 44.4 Å². The molecule has 2 aromatic heterocycles. The number of likely N-dealkylation sites (tertiary alicyclic amines) is 1. The quantitative estimate of drug-likeness (QED) is 0.922. The van der Waals surface area contributed by atoms with Crippen LogP contribution in [-0.4, -0.2) is 38.6 Å². The van der Waals surface area contributed by atoms with Crippen molar-refractivity contribution in [2.24, 2.45) is 5.92 Å². The fourth-order valence-electron chi connectivity index (χ4n) is 3.02. The normalized spacial score (nSPS) is 21.0. The van der Waals surface area contributed by atoms with Gasteiger partial charge in [0.25, 0.3) is 5.56 Å². The van der Waals surface area contributed by atoms with Gasteiger partial charge in [0, 0.05) is 25.4 Å². The summed E-state index contributed by atoms with van der Waals surface area (Å²) in [4.78, 5) is 19.0.